The molecule has 0 saturated heterocycles. The lowest BCUT2D eigenvalue weighted by Gasteiger charge is -2.45. The van der Waals surface area contributed by atoms with Gasteiger partial charge in [-0.25, -0.2) is 0 Å². The van der Waals surface area contributed by atoms with Crippen LogP contribution < -0.4 is 5.32 Å². The van der Waals surface area contributed by atoms with Gasteiger partial charge in [-0.15, -0.1) is 0 Å². The number of nitrogens with one attached hydrogen (secondary N) is 1. The third kappa shape index (κ3) is 2.29. The van der Waals surface area contributed by atoms with E-state index in [4.69, 9.17) is 0 Å². The third-order valence-electron chi connectivity index (χ3n) is 4.88. The summed E-state index contributed by atoms with van der Waals surface area (Å²) < 4.78 is 0. The maximum Gasteiger partial charge on any atom is 0.0264 e. The lowest BCUT2D eigenvalue weighted by molar-refractivity contribution is 0.169. The Labute approximate surface area is 106 Å². The molecule has 1 heteroatoms. The molecular weight excluding hydrogens is 206 g/mol. The fourth-order valence-corrected chi connectivity index (χ4v) is 3.88. The molecule has 17 heavy (non-hydrogen) atoms. The highest BCUT2D eigenvalue weighted by Gasteiger charge is 2.38. The van der Waals surface area contributed by atoms with Crippen LogP contribution in [-0.4, -0.2) is 6.04 Å². The molecule has 0 aromatic heterocycles. The zero-order chi connectivity index (χ0) is 12.6. The van der Waals surface area contributed by atoms with Crippen molar-refractivity contribution in [2.45, 2.75) is 59.9 Å². The van der Waals surface area contributed by atoms with Crippen molar-refractivity contribution in [3.8, 4) is 0 Å². The van der Waals surface area contributed by atoms with Crippen molar-refractivity contribution >= 4 is 0 Å². The van der Waals surface area contributed by atoms with Crippen LogP contribution in [0.3, 0.4) is 0 Å². The Kier molecular flexibility index (Phi) is 3.65. The fraction of sp³-hybridized carbons (Fsp3) is 0.750. The molecule has 0 bridgehead atoms. The van der Waals surface area contributed by atoms with Gasteiger partial charge in [0.15, 0.2) is 0 Å². The molecule has 2 rings (SSSR count). The summed E-state index contributed by atoms with van der Waals surface area (Å²) in [5, 5.41) is 3.70. The Bertz CT molecular complexity index is 351. The van der Waals surface area contributed by atoms with Crippen molar-refractivity contribution in [2.24, 2.45) is 17.8 Å². The molecule has 1 aliphatic carbocycles. The van der Waals surface area contributed by atoms with E-state index in [9.17, 15) is 0 Å². The van der Waals surface area contributed by atoms with Crippen LogP contribution in [0.5, 0.6) is 0 Å². The molecule has 0 aromatic carbocycles. The van der Waals surface area contributed by atoms with E-state index in [0.717, 1.165) is 17.8 Å². The topological polar surface area (TPSA) is 12.0 Å². The average Bonchev–Trinajstić information content (AvgIpc) is 2.28. The van der Waals surface area contributed by atoms with E-state index < -0.39 is 0 Å². The predicted octanol–water partition coefficient (Wildman–Crippen LogP) is 4.27. The summed E-state index contributed by atoms with van der Waals surface area (Å²) in [5.74, 6) is 2.54. The molecular formula is C16H27N. The van der Waals surface area contributed by atoms with Gasteiger partial charge in [-0.3, -0.25) is 0 Å². The minimum atomic E-state index is 0.654. The molecule has 96 valence electrons. The first kappa shape index (κ1) is 12.7. The second-order valence-electron chi connectivity index (χ2n) is 6.13. The Morgan fingerprint density at radius 2 is 2.00 bits per heavy atom. The molecule has 0 spiro atoms. The van der Waals surface area contributed by atoms with Gasteiger partial charge in [0.25, 0.3) is 0 Å². The number of allylic oxidation sites excluding steroid dienone is 4. The molecule has 0 aromatic rings. The van der Waals surface area contributed by atoms with E-state index in [0.29, 0.717) is 6.04 Å². The largest absolute Gasteiger partial charge is 0.386 e. The van der Waals surface area contributed by atoms with Gasteiger partial charge in [0.2, 0.25) is 0 Å². The fourth-order valence-electron chi connectivity index (χ4n) is 3.88. The molecule has 1 fully saturated rings. The van der Waals surface area contributed by atoms with Gasteiger partial charge in [0.05, 0.1) is 0 Å². The highest BCUT2D eigenvalue weighted by molar-refractivity contribution is 5.37. The monoisotopic (exact) mass is 233 g/mol. The van der Waals surface area contributed by atoms with Crippen LogP contribution in [0.1, 0.15) is 53.9 Å². The Balaban J connectivity index is 2.36. The summed E-state index contributed by atoms with van der Waals surface area (Å²) in [6, 6.07) is 0.654. The van der Waals surface area contributed by atoms with Crippen LogP contribution in [0, 0.1) is 17.8 Å². The quantitative estimate of drug-likeness (QED) is 0.713. The van der Waals surface area contributed by atoms with Gasteiger partial charge in [0.1, 0.15) is 0 Å². The van der Waals surface area contributed by atoms with E-state index in [1.807, 2.05) is 0 Å². The predicted molar refractivity (Wildman–Crippen MR) is 74.7 cm³/mol. The Morgan fingerprint density at radius 1 is 1.29 bits per heavy atom. The second-order valence-corrected chi connectivity index (χ2v) is 6.13. The maximum absolute atomic E-state index is 3.70. The van der Waals surface area contributed by atoms with Crippen LogP contribution in [-0.2, 0) is 0 Å². The summed E-state index contributed by atoms with van der Waals surface area (Å²) in [7, 11) is 0. The molecule has 0 radical (unpaired) electrons. The Morgan fingerprint density at radius 3 is 2.65 bits per heavy atom. The second kappa shape index (κ2) is 4.88. The number of rotatable bonds is 1. The van der Waals surface area contributed by atoms with E-state index in [-0.39, 0.29) is 0 Å². The van der Waals surface area contributed by atoms with E-state index in [1.54, 1.807) is 5.57 Å². The molecule has 1 aliphatic heterocycles. The summed E-state index contributed by atoms with van der Waals surface area (Å²) in [4.78, 5) is 0. The van der Waals surface area contributed by atoms with Gasteiger partial charge in [-0.05, 0) is 63.9 Å². The van der Waals surface area contributed by atoms with Crippen molar-refractivity contribution < 1.29 is 0 Å². The molecule has 1 heterocycles. The standard InChI is InChI=1S/C16H27N/c1-6-11(3)16-13(5)17-12(4)14-8-7-10(2)9-15(14)16/h6,10,12,14-15,17H,7-9H2,1-5H3/b11-6-. The van der Waals surface area contributed by atoms with Crippen LogP contribution in [0.4, 0.5) is 0 Å². The van der Waals surface area contributed by atoms with Crippen LogP contribution in [0.15, 0.2) is 22.9 Å². The van der Waals surface area contributed by atoms with E-state index >= 15 is 0 Å². The highest BCUT2D eigenvalue weighted by Crippen LogP contribution is 2.45. The van der Waals surface area contributed by atoms with E-state index in [1.165, 1.54) is 30.5 Å². The minimum Gasteiger partial charge on any atom is -0.386 e. The summed E-state index contributed by atoms with van der Waals surface area (Å²) in [5.41, 5.74) is 4.51. The van der Waals surface area contributed by atoms with E-state index in [2.05, 4.69) is 46.0 Å². The first-order chi connectivity index (χ1) is 8.04. The van der Waals surface area contributed by atoms with Crippen molar-refractivity contribution in [1.82, 2.24) is 5.32 Å². The van der Waals surface area contributed by atoms with Crippen LogP contribution >= 0.6 is 0 Å². The average molecular weight is 233 g/mol. The van der Waals surface area contributed by atoms with Gasteiger partial charge in [-0.2, -0.15) is 0 Å². The first-order valence-corrected chi connectivity index (χ1v) is 7.15. The number of hydrogen-bond donors (Lipinski definition) is 1. The van der Waals surface area contributed by atoms with Crippen LogP contribution in [0.2, 0.25) is 0 Å². The molecule has 1 nitrogen and oxygen atoms in total. The summed E-state index contributed by atoms with van der Waals surface area (Å²) in [6.07, 6.45) is 6.46. The van der Waals surface area contributed by atoms with Gasteiger partial charge < -0.3 is 5.32 Å². The first-order valence-electron chi connectivity index (χ1n) is 7.15. The van der Waals surface area contributed by atoms with Crippen molar-refractivity contribution in [2.75, 3.05) is 0 Å². The number of hydrogen-bond acceptors (Lipinski definition) is 1. The lowest BCUT2D eigenvalue weighted by atomic mass is 9.65. The Hall–Kier alpha value is -0.720. The van der Waals surface area contributed by atoms with Gasteiger partial charge in [-0.1, -0.05) is 25.0 Å². The van der Waals surface area contributed by atoms with Gasteiger partial charge in [0, 0.05) is 11.7 Å². The molecule has 4 atom stereocenters. The zero-order valence-electron chi connectivity index (χ0n) is 12.0. The molecule has 4 unspecified atom stereocenters. The van der Waals surface area contributed by atoms with Gasteiger partial charge >= 0.3 is 0 Å². The van der Waals surface area contributed by atoms with Crippen molar-refractivity contribution in [3.63, 3.8) is 0 Å². The molecule has 0 amide bonds. The number of fused-ring (bicyclic) bond motifs is 1. The molecule has 2 aliphatic rings. The smallest absolute Gasteiger partial charge is 0.0264 e. The summed E-state index contributed by atoms with van der Waals surface area (Å²) >= 11 is 0. The normalized spacial score (nSPS) is 38.8. The minimum absolute atomic E-state index is 0.654. The third-order valence-corrected chi connectivity index (χ3v) is 4.88. The SMILES string of the molecule is C/C=C(/C)C1=C(C)NC(C)C2CCC(C)CC12. The lowest BCUT2D eigenvalue weighted by Crippen LogP contribution is -2.45. The van der Waals surface area contributed by atoms with Crippen LogP contribution in [0.25, 0.3) is 0 Å². The van der Waals surface area contributed by atoms with Crippen molar-refractivity contribution in [1.29, 1.82) is 0 Å². The summed E-state index contributed by atoms with van der Waals surface area (Å²) in [6.45, 7) is 11.5. The highest BCUT2D eigenvalue weighted by atomic mass is 14.9. The van der Waals surface area contributed by atoms with Crippen molar-refractivity contribution in [3.05, 3.63) is 22.9 Å². The molecule has 1 saturated carbocycles. The maximum atomic E-state index is 3.70. The molecule has 1 N–H and O–H groups in total. The zero-order valence-corrected chi connectivity index (χ0v) is 12.0.